The highest BCUT2D eigenvalue weighted by Crippen LogP contribution is 2.20. The van der Waals surface area contributed by atoms with Gasteiger partial charge in [-0.15, -0.1) is 0 Å². The third kappa shape index (κ3) is 4.28. The number of aryl methyl sites for hydroxylation is 1. The topological polar surface area (TPSA) is 62.3 Å². The average molecular weight is 289 g/mol. The van der Waals surface area contributed by atoms with E-state index in [1.54, 1.807) is 18.3 Å². The smallest absolute Gasteiger partial charge is 0.253 e. The molecule has 1 aromatic heterocycles. The first kappa shape index (κ1) is 15.5. The molecule has 0 spiro atoms. The maximum Gasteiger partial charge on any atom is 0.253 e. The molecule has 1 aliphatic heterocycles. The average Bonchev–Trinajstić information content (AvgIpc) is 2.68. The molecule has 1 saturated heterocycles. The Morgan fingerprint density at radius 2 is 2.14 bits per heavy atom. The summed E-state index contributed by atoms with van der Waals surface area (Å²) in [6.45, 7) is 9.48. The molecule has 0 radical (unpaired) electrons. The minimum atomic E-state index is -0.169. The minimum absolute atomic E-state index is 0.0649. The van der Waals surface area contributed by atoms with Gasteiger partial charge in [-0.2, -0.15) is 0 Å². The van der Waals surface area contributed by atoms with Gasteiger partial charge in [0.05, 0.1) is 11.6 Å². The fraction of sp³-hybridized carbons (Fsp3) is 0.562. The van der Waals surface area contributed by atoms with Crippen LogP contribution >= 0.6 is 0 Å². The maximum absolute atomic E-state index is 12.1. The third-order valence-corrected chi connectivity index (χ3v) is 3.39. The summed E-state index contributed by atoms with van der Waals surface area (Å²) in [5.41, 5.74) is 1.47. The van der Waals surface area contributed by atoms with E-state index in [0.717, 1.165) is 5.69 Å². The lowest BCUT2D eigenvalue weighted by Crippen LogP contribution is -2.39. The van der Waals surface area contributed by atoms with Crippen LogP contribution < -0.4 is 5.32 Å². The molecule has 1 aromatic rings. The summed E-state index contributed by atoms with van der Waals surface area (Å²) < 4.78 is 0. The summed E-state index contributed by atoms with van der Waals surface area (Å²) in [5, 5.41) is 2.92. The monoisotopic (exact) mass is 289 g/mol. The van der Waals surface area contributed by atoms with Gasteiger partial charge in [0, 0.05) is 31.4 Å². The van der Waals surface area contributed by atoms with E-state index in [2.05, 4.69) is 31.1 Å². The number of likely N-dealkylation sites (tertiary alicyclic amines) is 1. The molecule has 1 fully saturated rings. The lowest BCUT2D eigenvalue weighted by molar-refractivity contribution is -0.128. The zero-order valence-corrected chi connectivity index (χ0v) is 13.1. The van der Waals surface area contributed by atoms with Crippen molar-refractivity contribution < 1.29 is 9.59 Å². The molecule has 1 atom stereocenters. The number of rotatable bonds is 3. The Labute approximate surface area is 125 Å². The molecule has 5 heteroatoms. The Kier molecular flexibility index (Phi) is 4.30. The highest BCUT2D eigenvalue weighted by molar-refractivity contribution is 5.94. The molecule has 2 amide bonds. The summed E-state index contributed by atoms with van der Waals surface area (Å²) >= 11 is 0. The van der Waals surface area contributed by atoms with Gasteiger partial charge in [-0.1, -0.05) is 20.8 Å². The summed E-state index contributed by atoms with van der Waals surface area (Å²) in [4.78, 5) is 30.1. The number of nitrogens with zero attached hydrogens (tertiary/aromatic N) is 2. The molecule has 2 heterocycles. The second kappa shape index (κ2) is 5.84. The second-order valence-corrected chi connectivity index (χ2v) is 6.90. The predicted octanol–water partition coefficient (Wildman–Crippen LogP) is 1.77. The Morgan fingerprint density at radius 3 is 2.71 bits per heavy atom. The van der Waals surface area contributed by atoms with Crippen LogP contribution in [0.3, 0.4) is 0 Å². The first-order valence-electron chi connectivity index (χ1n) is 7.26. The second-order valence-electron chi connectivity index (χ2n) is 6.90. The van der Waals surface area contributed by atoms with Crippen molar-refractivity contribution in [1.82, 2.24) is 15.2 Å². The molecule has 2 rings (SSSR count). The van der Waals surface area contributed by atoms with Crippen molar-refractivity contribution in [2.45, 2.75) is 40.2 Å². The van der Waals surface area contributed by atoms with Crippen LogP contribution in [0.4, 0.5) is 0 Å². The number of hydrogen-bond acceptors (Lipinski definition) is 3. The van der Waals surface area contributed by atoms with Crippen LogP contribution in [0, 0.1) is 12.3 Å². The lowest BCUT2D eigenvalue weighted by Gasteiger charge is -2.26. The van der Waals surface area contributed by atoms with Crippen LogP contribution in [0.2, 0.25) is 0 Å². The Hall–Kier alpha value is -1.91. The van der Waals surface area contributed by atoms with E-state index in [0.29, 0.717) is 25.1 Å². The molecule has 0 unspecified atom stereocenters. The maximum atomic E-state index is 12.1. The fourth-order valence-corrected chi connectivity index (χ4v) is 2.47. The van der Waals surface area contributed by atoms with Crippen molar-refractivity contribution in [2.24, 2.45) is 5.41 Å². The van der Waals surface area contributed by atoms with Gasteiger partial charge in [0.15, 0.2) is 0 Å². The number of aromatic nitrogens is 1. The van der Waals surface area contributed by atoms with Crippen molar-refractivity contribution in [3.8, 4) is 0 Å². The standard InChI is InChI=1S/C16H23N3O2/c1-11-5-6-12(8-17-11)15(21)18-13-7-14(20)19(9-13)10-16(2,3)4/h5-6,8,13H,7,9-10H2,1-4H3,(H,18,21)/t13-/m0/s1. The van der Waals surface area contributed by atoms with E-state index in [9.17, 15) is 9.59 Å². The molecular weight excluding hydrogens is 266 g/mol. The van der Waals surface area contributed by atoms with Crippen LogP contribution in [0.15, 0.2) is 18.3 Å². The molecule has 0 aliphatic carbocycles. The van der Waals surface area contributed by atoms with Crippen LogP contribution in [0.25, 0.3) is 0 Å². The lowest BCUT2D eigenvalue weighted by atomic mass is 9.96. The summed E-state index contributed by atoms with van der Waals surface area (Å²) in [6.07, 6.45) is 1.94. The number of amides is 2. The van der Waals surface area contributed by atoms with Crippen LogP contribution in [-0.2, 0) is 4.79 Å². The first-order chi connectivity index (χ1) is 9.74. The van der Waals surface area contributed by atoms with Gasteiger partial charge < -0.3 is 10.2 Å². The van der Waals surface area contributed by atoms with Crippen molar-refractivity contribution in [3.63, 3.8) is 0 Å². The SMILES string of the molecule is Cc1ccc(C(=O)N[C@H]2CC(=O)N(CC(C)(C)C)C2)cn1. The van der Waals surface area contributed by atoms with E-state index in [1.165, 1.54) is 0 Å². The van der Waals surface area contributed by atoms with Crippen molar-refractivity contribution >= 4 is 11.8 Å². The summed E-state index contributed by atoms with van der Waals surface area (Å²) in [7, 11) is 0. The fourth-order valence-electron chi connectivity index (χ4n) is 2.47. The molecule has 0 aromatic carbocycles. The van der Waals surface area contributed by atoms with E-state index in [4.69, 9.17) is 0 Å². The van der Waals surface area contributed by atoms with Crippen molar-refractivity contribution in [2.75, 3.05) is 13.1 Å². The van der Waals surface area contributed by atoms with E-state index < -0.39 is 0 Å². The molecule has 5 nitrogen and oxygen atoms in total. The molecule has 1 aliphatic rings. The quantitative estimate of drug-likeness (QED) is 0.922. The van der Waals surface area contributed by atoms with Gasteiger partial charge in [-0.25, -0.2) is 0 Å². The van der Waals surface area contributed by atoms with Gasteiger partial charge in [-0.05, 0) is 24.5 Å². The Morgan fingerprint density at radius 1 is 1.43 bits per heavy atom. The Balaban J connectivity index is 1.94. The van der Waals surface area contributed by atoms with E-state index in [-0.39, 0.29) is 23.3 Å². The number of carbonyl (C=O) groups is 2. The number of nitrogens with one attached hydrogen (secondary N) is 1. The highest BCUT2D eigenvalue weighted by atomic mass is 16.2. The van der Waals surface area contributed by atoms with Crippen molar-refractivity contribution in [1.29, 1.82) is 0 Å². The van der Waals surface area contributed by atoms with Gasteiger partial charge in [0.1, 0.15) is 0 Å². The van der Waals surface area contributed by atoms with E-state index in [1.807, 2.05) is 11.8 Å². The molecule has 114 valence electrons. The number of pyridine rings is 1. The number of hydrogen-bond donors (Lipinski definition) is 1. The van der Waals surface area contributed by atoms with Crippen LogP contribution in [0.5, 0.6) is 0 Å². The minimum Gasteiger partial charge on any atom is -0.347 e. The Bertz CT molecular complexity index is 531. The van der Waals surface area contributed by atoms with Crippen LogP contribution in [0.1, 0.15) is 43.2 Å². The van der Waals surface area contributed by atoms with Gasteiger partial charge in [0.2, 0.25) is 5.91 Å². The zero-order valence-electron chi connectivity index (χ0n) is 13.1. The molecule has 0 bridgehead atoms. The largest absolute Gasteiger partial charge is 0.347 e. The summed E-state index contributed by atoms with van der Waals surface area (Å²) in [5.74, 6) is -0.0600. The van der Waals surface area contributed by atoms with Crippen molar-refractivity contribution in [3.05, 3.63) is 29.6 Å². The summed E-state index contributed by atoms with van der Waals surface area (Å²) in [6, 6.07) is 3.44. The van der Waals surface area contributed by atoms with E-state index >= 15 is 0 Å². The van der Waals surface area contributed by atoms with Crippen LogP contribution in [-0.4, -0.2) is 40.8 Å². The number of carbonyl (C=O) groups excluding carboxylic acids is 2. The zero-order chi connectivity index (χ0) is 15.6. The molecule has 1 N–H and O–H groups in total. The van der Waals surface area contributed by atoms with Gasteiger partial charge in [-0.3, -0.25) is 14.6 Å². The molecule has 0 saturated carbocycles. The molecular formula is C16H23N3O2. The third-order valence-electron chi connectivity index (χ3n) is 3.39. The van der Waals surface area contributed by atoms with Gasteiger partial charge >= 0.3 is 0 Å². The normalized spacial score (nSPS) is 19.0. The molecule has 21 heavy (non-hydrogen) atoms. The predicted molar refractivity (Wildman–Crippen MR) is 80.9 cm³/mol. The highest BCUT2D eigenvalue weighted by Gasteiger charge is 2.32. The first-order valence-corrected chi connectivity index (χ1v) is 7.26. The van der Waals surface area contributed by atoms with Gasteiger partial charge in [0.25, 0.3) is 5.91 Å².